The predicted octanol–water partition coefficient (Wildman–Crippen LogP) is 2.91. The first kappa shape index (κ1) is 22.4. The van der Waals surface area contributed by atoms with Crippen LogP contribution < -0.4 is 26.6 Å². The number of H-pyrrole nitrogens is 1. The molecule has 0 amide bonds. The molecule has 0 saturated heterocycles. The summed E-state index contributed by atoms with van der Waals surface area (Å²) in [5.41, 5.74) is 0.0807. The van der Waals surface area contributed by atoms with E-state index in [4.69, 9.17) is 0 Å². The van der Waals surface area contributed by atoms with Gasteiger partial charge in [0.15, 0.2) is 5.75 Å². The number of benzene rings is 1. The van der Waals surface area contributed by atoms with E-state index in [1.807, 2.05) is 0 Å². The molecule has 180 valence electrons. The molecular weight excluding hydrogens is 460 g/mol. The number of halogens is 2. The van der Waals surface area contributed by atoms with Gasteiger partial charge in [-0.2, -0.15) is 8.78 Å². The fraction of sp³-hybridized carbons (Fsp3) is 0.261. The molecule has 1 aliphatic carbocycles. The van der Waals surface area contributed by atoms with Crippen molar-refractivity contribution in [2.24, 2.45) is 0 Å². The van der Waals surface area contributed by atoms with Gasteiger partial charge in [0.25, 0.3) is 5.56 Å². The molecule has 2 atom stereocenters. The average Bonchev–Trinajstić information content (AvgIpc) is 3.28. The minimum absolute atomic E-state index is 0.0943. The van der Waals surface area contributed by atoms with Crippen molar-refractivity contribution >= 4 is 22.7 Å². The topological polar surface area (TPSA) is 127 Å². The third kappa shape index (κ3) is 4.95. The second-order valence-corrected chi connectivity index (χ2v) is 8.13. The number of hydrogen-bond donors (Lipinski definition) is 3. The molecule has 0 bridgehead atoms. The van der Waals surface area contributed by atoms with Crippen molar-refractivity contribution in [1.82, 2.24) is 24.5 Å². The van der Waals surface area contributed by atoms with Crippen LogP contribution >= 0.6 is 0 Å². The molecule has 12 heteroatoms. The smallest absolute Gasteiger partial charge is 0.387 e. The predicted molar refractivity (Wildman–Crippen MR) is 125 cm³/mol. The van der Waals surface area contributed by atoms with Crippen LogP contribution in [0.2, 0.25) is 0 Å². The number of alkyl halides is 2. The van der Waals surface area contributed by atoms with Crippen molar-refractivity contribution in [1.29, 1.82) is 0 Å². The average molecular weight is 481 g/mol. The Morgan fingerprint density at radius 3 is 2.43 bits per heavy atom. The standard InChI is InChI=1S/C23H21F2N7O3/c24-21(25)35-16-11-27-22(28-12-16)30-14-6-5-13(9-14)29-19-8-7-15(10-26-19)32-18-4-2-1-3-17(18)20(33)31-23(32)34/h1-4,7-8,10-14,21H,5-6,9H2,(H,26,29)(H,27,28,30)(H,31,33,34)/t13-,14-/m0/s1. The van der Waals surface area contributed by atoms with Gasteiger partial charge in [0.05, 0.1) is 35.2 Å². The SMILES string of the molecule is O=c1[nH]c(=O)n(-c2ccc(N[C@H]3CC[C@H](Nc4ncc(OC(F)F)cn4)C3)nc2)c2ccccc12. The van der Waals surface area contributed by atoms with Crippen LogP contribution in [0.1, 0.15) is 19.3 Å². The van der Waals surface area contributed by atoms with Crippen LogP contribution in [0, 0.1) is 0 Å². The van der Waals surface area contributed by atoms with Crippen LogP contribution in [0.25, 0.3) is 16.6 Å². The Kier molecular flexibility index (Phi) is 6.08. The zero-order chi connectivity index (χ0) is 24.4. The lowest BCUT2D eigenvalue weighted by molar-refractivity contribution is -0.0503. The third-order valence-corrected chi connectivity index (χ3v) is 5.79. The van der Waals surface area contributed by atoms with Crippen LogP contribution in [0.3, 0.4) is 0 Å². The molecule has 1 aliphatic rings. The summed E-state index contributed by atoms with van der Waals surface area (Å²) in [5.74, 6) is 0.910. The van der Waals surface area contributed by atoms with Gasteiger partial charge in [-0.05, 0) is 43.5 Å². The lowest BCUT2D eigenvalue weighted by Crippen LogP contribution is -2.29. The van der Waals surface area contributed by atoms with E-state index in [1.54, 1.807) is 42.6 Å². The number of pyridine rings is 1. The van der Waals surface area contributed by atoms with Crippen molar-refractivity contribution in [3.05, 3.63) is 75.8 Å². The monoisotopic (exact) mass is 481 g/mol. The number of fused-ring (bicyclic) bond motifs is 1. The highest BCUT2D eigenvalue weighted by Crippen LogP contribution is 2.25. The molecule has 0 spiro atoms. The molecule has 3 aromatic heterocycles. The van der Waals surface area contributed by atoms with Gasteiger partial charge in [-0.15, -0.1) is 0 Å². The van der Waals surface area contributed by atoms with Gasteiger partial charge in [-0.3, -0.25) is 14.3 Å². The molecule has 4 aromatic rings. The van der Waals surface area contributed by atoms with Crippen molar-refractivity contribution < 1.29 is 13.5 Å². The molecular formula is C23H21F2N7O3. The number of ether oxygens (including phenoxy) is 1. The maximum absolute atomic E-state index is 12.5. The van der Waals surface area contributed by atoms with Crippen molar-refractivity contribution in [3.63, 3.8) is 0 Å². The molecule has 1 fully saturated rings. The summed E-state index contributed by atoms with van der Waals surface area (Å²) in [5, 5.41) is 7.00. The summed E-state index contributed by atoms with van der Waals surface area (Å²) < 4.78 is 30.2. The molecule has 3 N–H and O–H groups in total. The Labute approximate surface area is 197 Å². The zero-order valence-electron chi connectivity index (χ0n) is 18.3. The molecule has 0 aliphatic heterocycles. The number of rotatable bonds is 7. The van der Waals surface area contributed by atoms with E-state index in [1.165, 1.54) is 17.0 Å². The van der Waals surface area contributed by atoms with Gasteiger partial charge < -0.3 is 15.4 Å². The van der Waals surface area contributed by atoms with Crippen molar-refractivity contribution in [2.75, 3.05) is 10.6 Å². The first-order valence-electron chi connectivity index (χ1n) is 11.0. The van der Waals surface area contributed by atoms with Gasteiger partial charge in [-0.1, -0.05) is 12.1 Å². The Hall–Kier alpha value is -4.35. The van der Waals surface area contributed by atoms with Gasteiger partial charge in [0.2, 0.25) is 5.95 Å². The maximum atomic E-state index is 12.5. The summed E-state index contributed by atoms with van der Waals surface area (Å²) in [6.45, 7) is -2.92. The fourth-order valence-electron chi connectivity index (χ4n) is 4.24. The Morgan fingerprint density at radius 2 is 1.71 bits per heavy atom. The summed E-state index contributed by atoms with van der Waals surface area (Å²) >= 11 is 0. The third-order valence-electron chi connectivity index (χ3n) is 5.79. The van der Waals surface area contributed by atoms with Crippen molar-refractivity contribution in [2.45, 2.75) is 38.0 Å². The largest absolute Gasteiger partial charge is 0.432 e. The fourth-order valence-corrected chi connectivity index (χ4v) is 4.24. The van der Waals surface area contributed by atoms with E-state index < -0.39 is 17.9 Å². The summed E-state index contributed by atoms with van der Waals surface area (Å²) in [6.07, 6.45) is 6.52. The second-order valence-electron chi connectivity index (χ2n) is 8.13. The molecule has 1 aromatic carbocycles. The van der Waals surface area contributed by atoms with E-state index in [2.05, 4.69) is 35.3 Å². The van der Waals surface area contributed by atoms with Gasteiger partial charge in [0.1, 0.15) is 5.82 Å². The summed E-state index contributed by atoms with van der Waals surface area (Å²) in [6, 6.07) is 10.7. The Bertz CT molecular complexity index is 1440. The molecule has 10 nitrogen and oxygen atoms in total. The molecule has 0 radical (unpaired) electrons. The van der Waals surface area contributed by atoms with Crippen LogP contribution in [0.15, 0.2) is 64.6 Å². The van der Waals surface area contributed by atoms with Gasteiger partial charge >= 0.3 is 12.3 Å². The highest BCUT2D eigenvalue weighted by molar-refractivity contribution is 5.79. The van der Waals surface area contributed by atoms with E-state index >= 15 is 0 Å². The number of aromatic amines is 1. The van der Waals surface area contributed by atoms with Crippen LogP contribution in [0.5, 0.6) is 5.75 Å². The van der Waals surface area contributed by atoms with Crippen molar-refractivity contribution in [3.8, 4) is 11.4 Å². The number of anilines is 2. The minimum Gasteiger partial charge on any atom is -0.432 e. The minimum atomic E-state index is -2.92. The number of hydrogen-bond acceptors (Lipinski definition) is 8. The van der Waals surface area contributed by atoms with E-state index in [9.17, 15) is 18.4 Å². The number of nitrogens with one attached hydrogen (secondary N) is 3. The van der Waals surface area contributed by atoms with Crippen LogP contribution in [-0.4, -0.2) is 43.2 Å². The second kappa shape index (κ2) is 9.49. The Balaban J connectivity index is 1.23. The molecule has 5 rings (SSSR count). The molecule has 1 saturated carbocycles. The number of nitrogens with zero attached hydrogens (tertiary/aromatic N) is 4. The van der Waals surface area contributed by atoms with Crippen LogP contribution in [0.4, 0.5) is 20.5 Å². The highest BCUT2D eigenvalue weighted by atomic mass is 19.3. The molecule has 3 heterocycles. The summed E-state index contributed by atoms with van der Waals surface area (Å²) in [7, 11) is 0. The first-order chi connectivity index (χ1) is 17.0. The zero-order valence-corrected chi connectivity index (χ0v) is 18.3. The lowest BCUT2D eigenvalue weighted by Gasteiger charge is -2.16. The Morgan fingerprint density at radius 1 is 0.971 bits per heavy atom. The van der Waals surface area contributed by atoms with E-state index in [0.29, 0.717) is 28.4 Å². The number of para-hydroxylation sites is 1. The van der Waals surface area contributed by atoms with Gasteiger partial charge in [-0.25, -0.2) is 19.7 Å². The first-order valence-corrected chi connectivity index (χ1v) is 11.0. The van der Waals surface area contributed by atoms with E-state index in [0.717, 1.165) is 19.3 Å². The number of aromatic nitrogens is 5. The van der Waals surface area contributed by atoms with Crippen LogP contribution in [-0.2, 0) is 0 Å². The molecule has 35 heavy (non-hydrogen) atoms. The van der Waals surface area contributed by atoms with E-state index in [-0.39, 0.29) is 17.8 Å². The van der Waals surface area contributed by atoms with Gasteiger partial charge in [0, 0.05) is 12.1 Å². The normalized spacial score (nSPS) is 17.6. The maximum Gasteiger partial charge on any atom is 0.387 e. The molecule has 0 unspecified atom stereocenters. The summed E-state index contributed by atoms with van der Waals surface area (Å²) in [4.78, 5) is 39.4. The lowest BCUT2D eigenvalue weighted by atomic mass is 10.2. The quantitative estimate of drug-likeness (QED) is 0.368. The highest BCUT2D eigenvalue weighted by Gasteiger charge is 2.25.